The van der Waals surface area contributed by atoms with Gasteiger partial charge in [0.15, 0.2) is 5.82 Å². The number of nitrogens with zero attached hydrogens (tertiary/aromatic N) is 2. The van der Waals surface area contributed by atoms with Crippen molar-refractivity contribution in [2.75, 3.05) is 12.5 Å². The normalized spacial score (nSPS) is 12.4. The average Bonchev–Trinajstić information content (AvgIpc) is 2.29. The maximum atomic E-state index is 11.9. The van der Waals surface area contributed by atoms with Crippen LogP contribution in [0.25, 0.3) is 11.4 Å². The highest BCUT2D eigenvalue weighted by molar-refractivity contribution is 8.01. The maximum absolute atomic E-state index is 11.9. The van der Waals surface area contributed by atoms with Crippen molar-refractivity contribution in [1.82, 2.24) is 9.97 Å². The van der Waals surface area contributed by atoms with Crippen molar-refractivity contribution in [2.24, 2.45) is 0 Å². The molecule has 0 aliphatic carbocycles. The highest BCUT2D eigenvalue weighted by Gasteiger charge is 2.06. The standard InChI is InChI=1S/C12H13ClN2OS/c1-17(2,16)11-5-3-9(4-6-11)12-14-7-10(13)8-15-12/h3-8,17H,1-2H3. The van der Waals surface area contributed by atoms with Crippen LogP contribution in [0.15, 0.2) is 41.6 Å². The van der Waals surface area contributed by atoms with Crippen molar-refractivity contribution in [2.45, 2.75) is 4.90 Å². The molecular weight excluding hydrogens is 256 g/mol. The molecule has 5 heteroatoms. The monoisotopic (exact) mass is 268 g/mol. The van der Waals surface area contributed by atoms with Crippen molar-refractivity contribution >= 4 is 21.5 Å². The van der Waals surface area contributed by atoms with Crippen LogP contribution >= 0.6 is 11.6 Å². The Morgan fingerprint density at radius 3 is 2.06 bits per heavy atom. The van der Waals surface area contributed by atoms with Crippen LogP contribution in [0.1, 0.15) is 0 Å². The van der Waals surface area contributed by atoms with Gasteiger partial charge in [0, 0.05) is 22.9 Å². The Morgan fingerprint density at radius 1 is 1.06 bits per heavy atom. The molecule has 17 heavy (non-hydrogen) atoms. The van der Waals surface area contributed by atoms with E-state index in [0.29, 0.717) is 10.8 Å². The van der Waals surface area contributed by atoms with Gasteiger partial charge in [-0.3, -0.25) is 4.21 Å². The van der Waals surface area contributed by atoms with Gasteiger partial charge in [-0.15, -0.1) is 0 Å². The van der Waals surface area contributed by atoms with E-state index in [0.717, 1.165) is 10.5 Å². The van der Waals surface area contributed by atoms with E-state index < -0.39 is 9.93 Å². The number of hydrogen-bond acceptors (Lipinski definition) is 3. The summed E-state index contributed by atoms with van der Waals surface area (Å²) in [6, 6.07) is 7.46. The van der Waals surface area contributed by atoms with Gasteiger partial charge in [-0.25, -0.2) is 9.97 Å². The molecule has 1 heterocycles. The molecule has 0 aliphatic rings. The third kappa shape index (κ3) is 2.90. The van der Waals surface area contributed by atoms with E-state index in [1.165, 1.54) is 0 Å². The Kier molecular flexibility index (Phi) is 3.26. The Morgan fingerprint density at radius 2 is 1.59 bits per heavy atom. The summed E-state index contributed by atoms with van der Waals surface area (Å²) < 4.78 is 11.9. The number of halogens is 1. The van der Waals surface area contributed by atoms with E-state index >= 15 is 0 Å². The summed E-state index contributed by atoms with van der Waals surface area (Å²) in [4.78, 5) is 9.11. The minimum absolute atomic E-state index is 0.511. The molecule has 1 aromatic carbocycles. The van der Waals surface area contributed by atoms with E-state index in [2.05, 4.69) is 9.97 Å². The van der Waals surface area contributed by atoms with E-state index in [1.807, 2.05) is 24.3 Å². The van der Waals surface area contributed by atoms with Crippen LogP contribution in [0, 0.1) is 0 Å². The van der Waals surface area contributed by atoms with Crippen molar-refractivity contribution < 1.29 is 4.21 Å². The molecule has 0 atom stereocenters. The summed E-state index contributed by atoms with van der Waals surface area (Å²) in [5, 5.41) is 0.511. The summed E-state index contributed by atoms with van der Waals surface area (Å²) in [7, 11) is -2.20. The Balaban J connectivity index is 2.36. The van der Waals surface area contributed by atoms with Gasteiger partial charge in [-0.1, -0.05) is 33.7 Å². The van der Waals surface area contributed by atoms with Gasteiger partial charge in [0.05, 0.1) is 5.02 Å². The van der Waals surface area contributed by atoms with Crippen LogP contribution in [0.4, 0.5) is 0 Å². The molecule has 0 bridgehead atoms. The second-order valence-corrected chi connectivity index (χ2v) is 7.78. The largest absolute Gasteiger partial charge is 0.281 e. The van der Waals surface area contributed by atoms with Crippen LogP contribution in [0.3, 0.4) is 0 Å². The molecule has 0 unspecified atom stereocenters. The van der Waals surface area contributed by atoms with Crippen LogP contribution in [0.2, 0.25) is 5.02 Å². The Labute approximate surface area is 106 Å². The zero-order valence-electron chi connectivity index (χ0n) is 9.59. The molecule has 0 saturated heterocycles. The SMILES string of the molecule is C[SH](C)(=O)c1ccc(-c2ncc(Cl)cn2)cc1. The molecule has 2 aromatic rings. The van der Waals surface area contributed by atoms with Crippen LogP contribution in [-0.4, -0.2) is 26.7 Å². The molecule has 3 nitrogen and oxygen atoms in total. The number of rotatable bonds is 2. The van der Waals surface area contributed by atoms with Crippen molar-refractivity contribution in [3.05, 3.63) is 41.7 Å². The lowest BCUT2D eigenvalue weighted by Gasteiger charge is -2.12. The zero-order valence-corrected chi connectivity index (χ0v) is 11.2. The summed E-state index contributed by atoms with van der Waals surface area (Å²) in [6.07, 6.45) is 6.62. The van der Waals surface area contributed by atoms with Crippen molar-refractivity contribution in [3.63, 3.8) is 0 Å². The molecule has 90 valence electrons. The average molecular weight is 269 g/mol. The minimum Gasteiger partial charge on any atom is -0.281 e. The highest BCUT2D eigenvalue weighted by Crippen LogP contribution is 2.20. The molecule has 0 amide bonds. The van der Waals surface area contributed by atoms with Gasteiger partial charge in [0.2, 0.25) is 0 Å². The van der Waals surface area contributed by atoms with Crippen LogP contribution in [0.5, 0.6) is 0 Å². The molecule has 2 rings (SSSR count). The lowest BCUT2D eigenvalue weighted by Crippen LogP contribution is -2.05. The quantitative estimate of drug-likeness (QED) is 0.851. The smallest absolute Gasteiger partial charge is 0.159 e. The van der Waals surface area contributed by atoms with E-state index in [1.54, 1.807) is 24.9 Å². The number of thiol groups is 1. The van der Waals surface area contributed by atoms with E-state index in [-0.39, 0.29) is 0 Å². The molecule has 0 radical (unpaired) electrons. The third-order valence-corrected chi connectivity index (χ3v) is 4.10. The van der Waals surface area contributed by atoms with Gasteiger partial charge in [-0.05, 0) is 24.6 Å². The summed E-state index contributed by atoms with van der Waals surface area (Å²) in [6.45, 7) is 0. The fourth-order valence-corrected chi connectivity index (χ4v) is 2.40. The number of benzene rings is 1. The molecule has 0 aliphatic heterocycles. The predicted octanol–water partition coefficient (Wildman–Crippen LogP) is 2.43. The first-order valence-electron chi connectivity index (χ1n) is 5.10. The van der Waals surface area contributed by atoms with Crippen LogP contribution in [-0.2, 0) is 9.93 Å². The second-order valence-electron chi connectivity index (χ2n) is 4.12. The van der Waals surface area contributed by atoms with Gasteiger partial charge in [0.25, 0.3) is 0 Å². The number of hydrogen-bond donors (Lipinski definition) is 1. The lowest BCUT2D eigenvalue weighted by molar-refractivity contribution is 0.678. The first-order valence-corrected chi connectivity index (χ1v) is 8.08. The second kappa shape index (κ2) is 4.55. The van der Waals surface area contributed by atoms with Gasteiger partial charge in [-0.2, -0.15) is 0 Å². The van der Waals surface area contributed by atoms with Crippen LogP contribution < -0.4 is 0 Å². The Bertz CT molecular complexity index is 560. The molecule has 1 aromatic heterocycles. The van der Waals surface area contributed by atoms with Crippen molar-refractivity contribution in [1.29, 1.82) is 0 Å². The van der Waals surface area contributed by atoms with E-state index in [9.17, 15) is 4.21 Å². The lowest BCUT2D eigenvalue weighted by atomic mass is 10.2. The fraction of sp³-hybridized carbons (Fsp3) is 0.167. The van der Waals surface area contributed by atoms with Crippen molar-refractivity contribution in [3.8, 4) is 11.4 Å². The zero-order chi connectivity index (χ0) is 12.5. The highest BCUT2D eigenvalue weighted by atomic mass is 35.5. The summed E-state index contributed by atoms with van der Waals surface area (Å²) in [5.74, 6) is 0.614. The topological polar surface area (TPSA) is 42.9 Å². The Hall–Kier alpha value is -1.26. The molecular formula is C12H13ClN2OS. The summed E-state index contributed by atoms with van der Waals surface area (Å²) in [5.41, 5.74) is 0.888. The van der Waals surface area contributed by atoms with Gasteiger partial charge < -0.3 is 0 Å². The van der Waals surface area contributed by atoms with Gasteiger partial charge >= 0.3 is 0 Å². The first kappa shape index (κ1) is 12.2. The maximum Gasteiger partial charge on any atom is 0.159 e. The predicted molar refractivity (Wildman–Crippen MR) is 72.1 cm³/mol. The molecule has 0 fully saturated rings. The summed E-state index contributed by atoms with van der Waals surface area (Å²) >= 11 is 5.72. The fourth-order valence-electron chi connectivity index (χ4n) is 1.43. The molecule has 0 spiro atoms. The first-order chi connectivity index (χ1) is 7.97. The van der Waals surface area contributed by atoms with Gasteiger partial charge in [0.1, 0.15) is 0 Å². The molecule has 0 N–H and O–H groups in total. The van der Waals surface area contributed by atoms with E-state index in [4.69, 9.17) is 11.6 Å². The minimum atomic E-state index is -2.20. The molecule has 0 saturated carbocycles. The third-order valence-electron chi connectivity index (χ3n) is 2.37. The number of aromatic nitrogens is 2.